The van der Waals surface area contributed by atoms with Gasteiger partial charge >= 0.3 is 0 Å². The minimum absolute atomic E-state index is 0.0253. The number of carbonyl (C=O) groups is 2. The molecule has 0 N–H and O–H groups in total. The van der Waals surface area contributed by atoms with Gasteiger partial charge in [-0.2, -0.15) is 0 Å². The average molecular weight is 289 g/mol. The van der Waals surface area contributed by atoms with Crippen LogP contribution in [0.1, 0.15) is 42.6 Å². The molecule has 1 aromatic carbocycles. The minimum atomic E-state index is 0.0253. The highest BCUT2D eigenvalue weighted by atomic mass is 16.5. The minimum Gasteiger partial charge on any atom is -0.375 e. The van der Waals surface area contributed by atoms with Crippen LogP contribution in [0.5, 0.6) is 0 Å². The summed E-state index contributed by atoms with van der Waals surface area (Å²) in [5.41, 5.74) is 1.80. The summed E-state index contributed by atoms with van der Waals surface area (Å²) in [6, 6.07) is 7.56. The van der Waals surface area contributed by atoms with Crippen LogP contribution in [0.2, 0.25) is 0 Å². The van der Waals surface area contributed by atoms with E-state index in [2.05, 4.69) is 0 Å². The fourth-order valence-corrected chi connectivity index (χ4v) is 2.50. The van der Waals surface area contributed by atoms with Crippen molar-refractivity contribution in [3.05, 3.63) is 35.4 Å². The zero-order valence-corrected chi connectivity index (χ0v) is 13.0. The Morgan fingerprint density at radius 2 is 1.86 bits per heavy atom. The summed E-state index contributed by atoms with van der Waals surface area (Å²) in [6.45, 7) is 7.10. The van der Waals surface area contributed by atoms with Crippen molar-refractivity contribution >= 4 is 11.7 Å². The molecule has 1 aliphatic heterocycles. The van der Waals surface area contributed by atoms with Gasteiger partial charge in [0, 0.05) is 24.9 Å². The molecule has 1 aliphatic rings. The Morgan fingerprint density at radius 1 is 1.19 bits per heavy atom. The average Bonchev–Trinajstić information content (AvgIpc) is 2.47. The number of hydrogen-bond acceptors (Lipinski definition) is 3. The lowest BCUT2D eigenvalue weighted by Gasteiger charge is -2.36. The fraction of sp³-hybridized carbons (Fsp3) is 0.529. The number of hydrogen-bond donors (Lipinski definition) is 0. The first-order chi connectivity index (χ1) is 9.97. The molecule has 0 saturated carbocycles. The van der Waals surface area contributed by atoms with E-state index in [-0.39, 0.29) is 36.7 Å². The third kappa shape index (κ3) is 4.14. The molecule has 114 valence electrons. The van der Waals surface area contributed by atoms with E-state index in [1.807, 2.05) is 49.9 Å². The standard InChI is InChI=1S/C17H23NO3/c1-12-4-6-15(7-5-12)16(19)8-9-17(20)18-10-14(3)21-11-13(18)2/h4-7,13-14H,8-11H2,1-3H3. The van der Waals surface area contributed by atoms with E-state index in [1.165, 1.54) is 0 Å². The Morgan fingerprint density at radius 3 is 2.52 bits per heavy atom. The molecule has 0 aromatic heterocycles. The molecular formula is C17H23NO3. The van der Waals surface area contributed by atoms with E-state index >= 15 is 0 Å². The lowest BCUT2D eigenvalue weighted by molar-refractivity contribution is -0.143. The SMILES string of the molecule is Cc1ccc(C(=O)CCC(=O)N2CC(C)OCC2C)cc1. The Kier molecular flexibility index (Phi) is 5.12. The van der Waals surface area contributed by atoms with Crippen molar-refractivity contribution in [3.63, 3.8) is 0 Å². The number of ether oxygens (including phenoxy) is 1. The molecule has 2 rings (SSSR count). The maximum absolute atomic E-state index is 12.3. The van der Waals surface area contributed by atoms with Gasteiger partial charge < -0.3 is 9.64 Å². The van der Waals surface area contributed by atoms with Gasteiger partial charge in [-0.1, -0.05) is 29.8 Å². The second-order valence-electron chi connectivity index (χ2n) is 5.83. The van der Waals surface area contributed by atoms with Crippen LogP contribution < -0.4 is 0 Å². The first-order valence-electron chi connectivity index (χ1n) is 7.48. The van der Waals surface area contributed by atoms with Crippen molar-refractivity contribution in [3.8, 4) is 0 Å². The Labute approximate surface area is 126 Å². The van der Waals surface area contributed by atoms with Crippen LogP contribution in [0.25, 0.3) is 0 Å². The van der Waals surface area contributed by atoms with Gasteiger partial charge in [-0.15, -0.1) is 0 Å². The predicted molar refractivity (Wildman–Crippen MR) is 81.3 cm³/mol. The number of benzene rings is 1. The zero-order chi connectivity index (χ0) is 15.4. The number of carbonyl (C=O) groups excluding carboxylic acids is 2. The monoisotopic (exact) mass is 289 g/mol. The van der Waals surface area contributed by atoms with Gasteiger partial charge in [0.05, 0.1) is 18.8 Å². The molecule has 0 radical (unpaired) electrons. The van der Waals surface area contributed by atoms with Gasteiger partial charge in [0.1, 0.15) is 0 Å². The summed E-state index contributed by atoms with van der Waals surface area (Å²) in [6.07, 6.45) is 0.599. The predicted octanol–water partition coefficient (Wildman–Crippen LogP) is 2.59. The normalized spacial score (nSPS) is 22.1. The number of ketones is 1. The fourth-order valence-electron chi connectivity index (χ4n) is 2.50. The quantitative estimate of drug-likeness (QED) is 0.800. The van der Waals surface area contributed by atoms with E-state index < -0.39 is 0 Å². The molecule has 0 bridgehead atoms. The van der Waals surface area contributed by atoms with E-state index in [9.17, 15) is 9.59 Å². The number of Topliss-reactive ketones (excluding diaryl/α,β-unsaturated/α-hetero) is 1. The van der Waals surface area contributed by atoms with Gasteiger partial charge in [0.2, 0.25) is 5.91 Å². The Bertz CT molecular complexity index is 509. The number of aryl methyl sites for hydroxylation is 1. The lowest BCUT2D eigenvalue weighted by Crippen LogP contribution is -2.50. The summed E-state index contributed by atoms with van der Waals surface area (Å²) < 4.78 is 5.52. The molecule has 1 amide bonds. The molecule has 1 fully saturated rings. The van der Waals surface area contributed by atoms with Crippen molar-refractivity contribution in [2.24, 2.45) is 0 Å². The summed E-state index contributed by atoms with van der Waals surface area (Å²) in [5.74, 6) is 0.0652. The van der Waals surface area contributed by atoms with Gasteiger partial charge in [-0.25, -0.2) is 0 Å². The van der Waals surface area contributed by atoms with Gasteiger partial charge in [0.25, 0.3) is 0 Å². The molecule has 4 nitrogen and oxygen atoms in total. The maximum atomic E-state index is 12.3. The number of morpholine rings is 1. The first kappa shape index (κ1) is 15.7. The molecule has 0 spiro atoms. The van der Waals surface area contributed by atoms with E-state index in [4.69, 9.17) is 4.74 Å². The molecule has 21 heavy (non-hydrogen) atoms. The largest absolute Gasteiger partial charge is 0.375 e. The zero-order valence-electron chi connectivity index (χ0n) is 13.0. The smallest absolute Gasteiger partial charge is 0.223 e. The van der Waals surface area contributed by atoms with Crippen molar-refractivity contribution < 1.29 is 14.3 Å². The van der Waals surface area contributed by atoms with Gasteiger partial charge in [-0.3, -0.25) is 9.59 Å². The second-order valence-corrected chi connectivity index (χ2v) is 5.83. The molecule has 2 atom stereocenters. The van der Waals surface area contributed by atoms with Gasteiger partial charge in [0.15, 0.2) is 5.78 Å². The first-order valence-corrected chi connectivity index (χ1v) is 7.48. The van der Waals surface area contributed by atoms with E-state index in [1.54, 1.807) is 0 Å². The molecule has 0 aliphatic carbocycles. The summed E-state index contributed by atoms with van der Waals surface area (Å²) in [4.78, 5) is 26.2. The van der Waals surface area contributed by atoms with Crippen LogP contribution >= 0.6 is 0 Å². The molecule has 4 heteroatoms. The highest BCUT2D eigenvalue weighted by Crippen LogP contribution is 2.14. The second kappa shape index (κ2) is 6.85. The van der Waals surface area contributed by atoms with Gasteiger partial charge in [-0.05, 0) is 20.8 Å². The van der Waals surface area contributed by atoms with Crippen molar-refractivity contribution in [1.82, 2.24) is 4.90 Å². The summed E-state index contributed by atoms with van der Waals surface area (Å²) in [7, 11) is 0. The molecule has 1 heterocycles. The Hall–Kier alpha value is -1.68. The third-order valence-electron chi connectivity index (χ3n) is 3.87. The van der Waals surface area contributed by atoms with Crippen LogP contribution in [0.3, 0.4) is 0 Å². The van der Waals surface area contributed by atoms with Crippen molar-refractivity contribution in [2.75, 3.05) is 13.2 Å². The number of rotatable bonds is 4. The van der Waals surface area contributed by atoms with Crippen molar-refractivity contribution in [2.45, 2.75) is 45.8 Å². The van der Waals surface area contributed by atoms with Crippen LogP contribution in [0, 0.1) is 6.92 Å². The highest BCUT2D eigenvalue weighted by Gasteiger charge is 2.27. The van der Waals surface area contributed by atoms with Crippen molar-refractivity contribution in [1.29, 1.82) is 0 Å². The number of amides is 1. The highest BCUT2D eigenvalue weighted by molar-refractivity contribution is 5.98. The third-order valence-corrected chi connectivity index (χ3v) is 3.87. The Balaban J connectivity index is 1.88. The molecule has 2 unspecified atom stereocenters. The molecule has 1 saturated heterocycles. The van der Waals surface area contributed by atoms with Crippen LogP contribution in [-0.4, -0.2) is 41.9 Å². The molecular weight excluding hydrogens is 266 g/mol. The summed E-state index contributed by atoms with van der Waals surface area (Å²) in [5, 5.41) is 0. The lowest BCUT2D eigenvalue weighted by atomic mass is 10.0. The summed E-state index contributed by atoms with van der Waals surface area (Å²) >= 11 is 0. The topological polar surface area (TPSA) is 46.6 Å². The van der Waals surface area contributed by atoms with Crippen LogP contribution in [-0.2, 0) is 9.53 Å². The maximum Gasteiger partial charge on any atom is 0.223 e. The van der Waals surface area contributed by atoms with E-state index in [0.29, 0.717) is 18.7 Å². The molecule has 1 aromatic rings. The van der Waals surface area contributed by atoms with Crippen LogP contribution in [0.15, 0.2) is 24.3 Å². The number of nitrogens with zero attached hydrogens (tertiary/aromatic N) is 1. The van der Waals surface area contributed by atoms with E-state index in [0.717, 1.165) is 5.56 Å². The van der Waals surface area contributed by atoms with Crippen LogP contribution in [0.4, 0.5) is 0 Å².